The minimum Gasteiger partial charge on any atom is -0.388 e. The summed E-state index contributed by atoms with van der Waals surface area (Å²) < 4.78 is 15.3. The Bertz CT molecular complexity index is 519. The lowest BCUT2D eigenvalue weighted by Crippen LogP contribution is -2.16. The molecule has 4 heteroatoms. The highest BCUT2D eigenvalue weighted by molar-refractivity contribution is 7.80. The zero-order valence-electron chi connectivity index (χ0n) is 8.56. The van der Waals surface area contributed by atoms with E-state index in [9.17, 15) is 4.39 Å². The summed E-state index contributed by atoms with van der Waals surface area (Å²) in [6.45, 7) is 0.437. The van der Waals surface area contributed by atoms with Crippen molar-refractivity contribution in [3.05, 3.63) is 59.7 Å². The van der Waals surface area contributed by atoms with E-state index in [0.29, 0.717) is 17.1 Å². The van der Waals surface area contributed by atoms with Crippen molar-refractivity contribution < 1.29 is 4.39 Å². The number of benzene rings is 1. The first kappa shape index (κ1) is 10.8. The summed E-state index contributed by atoms with van der Waals surface area (Å²) in [4.78, 5) is 0.321. The molecule has 16 heavy (non-hydrogen) atoms. The number of halogens is 1. The van der Waals surface area contributed by atoms with Gasteiger partial charge in [-0.1, -0.05) is 30.4 Å². The van der Waals surface area contributed by atoms with Crippen molar-refractivity contribution in [2.75, 3.05) is 0 Å². The lowest BCUT2D eigenvalue weighted by atomic mass is 10.2. The molecule has 0 amide bonds. The molecule has 0 fully saturated rings. The van der Waals surface area contributed by atoms with Gasteiger partial charge in [0.2, 0.25) is 0 Å². The fourth-order valence-corrected chi connectivity index (χ4v) is 1.77. The summed E-state index contributed by atoms with van der Waals surface area (Å²) in [6, 6.07) is 10.3. The molecular weight excluding hydrogens is 223 g/mol. The number of nitrogens with two attached hydrogens (primary N) is 1. The molecule has 0 aliphatic carbocycles. The summed E-state index contributed by atoms with van der Waals surface area (Å²) in [6.07, 6.45) is 1.83. The molecule has 2 aromatic rings. The van der Waals surface area contributed by atoms with Crippen LogP contribution in [0.15, 0.2) is 42.6 Å². The van der Waals surface area contributed by atoms with E-state index in [-0.39, 0.29) is 5.82 Å². The molecule has 2 rings (SSSR count). The second kappa shape index (κ2) is 4.45. The van der Waals surface area contributed by atoms with Crippen LogP contribution in [0.5, 0.6) is 0 Å². The molecule has 82 valence electrons. The second-order valence-electron chi connectivity index (χ2n) is 3.48. The largest absolute Gasteiger partial charge is 0.388 e. The number of thiocarbonyl (C=S) groups is 1. The van der Waals surface area contributed by atoms with Gasteiger partial charge in [-0.25, -0.2) is 4.39 Å². The van der Waals surface area contributed by atoms with E-state index < -0.39 is 0 Å². The Morgan fingerprint density at radius 1 is 1.25 bits per heavy atom. The summed E-state index contributed by atoms with van der Waals surface area (Å²) in [5, 5.41) is 0. The van der Waals surface area contributed by atoms with Gasteiger partial charge in [0.1, 0.15) is 10.8 Å². The SMILES string of the molecule is NC(=S)c1cccn1Cc1ccccc1F. The normalized spacial score (nSPS) is 10.3. The van der Waals surface area contributed by atoms with Gasteiger partial charge in [0.25, 0.3) is 0 Å². The summed E-state index contributed by atoms with van der Waals surface area (Å²) in [5.74, 6) is -0.218. The third kappa shape index (κ3) is 2.12. The van der Waals surface area contributed by atoms with Crippen LogP contribution in [-0.2, 0) is 6.54 Å². The molecule has 2 nitrogen and oxygen atoms in total. The molecule has 0 spiro atoms. The number of rotatable bonds is 3. The maximum absolute atomic E-state index is 13.4. The van der Waals surface area contributed by atoms with Crippen LogP contribution in [0.2, 0.25) is 0 Å². The smallest absolute Gasteiger partial charge is 0.128 e. The monoisotopic (exact) mass is 234 g/mol. The van der Waals surface area contributed by atoms with Crippen LogP contribution >= 0.6 is 12.2 Å². The molecule has 0 aliphatic rings. The van der Waals surface area contributed by atoms with Crippen LogP contribution in [-0.4, -0.2) is 9.56 Å². The Kier molecular flexibility index (Phi) is 3.01. The Balaban J connectivity index is 2.31. The van der Waals surface area contributed by atoms with Crippen molar-refractivity contribution in [3.8, 4) is 0 Å². The first-order valence-electron chi connectivity index (χ1n) is 4.87. The maximum Gasteiger partial charge on any atom is 0.128 e. The van der Waals surface area contributed by atoms with E-state index >= 15 is 0 Å². The minimum atomic E-state index is -0.218. The zero-order chi connectivity index (χ0) is 11.5. The maximum atomic E-state index is 13.4. The highest BCUT2D eigenvalue weighted by Gasteiger charge is 2.06. The molecule has 0 saturated carbocycles. The van der Waals surface area contributed by atoms with Crippen molar-refractivity contribution >= 4 is 17.2 Å². The van der Waals surface area contributed by atoms with E-state index in [4.69, 9.17) is 18.0 Å². The predicted molar refractivity (Wildman–Crippen MR) is 65.8 cm³/mol. The van der Waals surface area contributed by atoms with E-state index in [1.807, 2.05) is 29.0 Å². The topological polar surface area (TPSA) is 30.9 Å². The summed E-state index contributed by atoms with van der Waals surface area (Å²) >= 11 is 4.92. The predicted octanol–water partition coefficient (Wildman–Crippen LogP) is 2.31. The van der Waals surface area contributed by atoms with Gasteiger partial charge < -0.3 is 10.3 Å². The summed E-state index contributed by atoms with van der Waals surface area (Å²) in [5.41, 5.74) is 6.94. The van der Waals surface area contributed by atoms with Crippen molar-refractivity contribution in [3.63, 3.8) is 0 Å². The first-order valence-corrected chi connectivity index (χ1v) is 5.27. The Morgan fingerprint density at radius 2 is 2.00 bits per heavy atom. The van der Waals surface area contributed by atoms with Crippen molar-refractivity contribution in [1.82, 2.24) is 4.57 Å². The number of aromatic nitrogens is 1. The van der Waals surface area contributed by atoms with Gasteiger partial charge in [0.05, 0.1) is 12.2 Å². The third-order valence-electron chi connectivity index (χ3n) is 2.38. The van der Waals surface area contributed by atoms with Gasteiger partial charge in [-0.3, -0.25) is 0 Å². The van der Waals surface area contributed by atoms with Crippen LogP contribution in [0.1, 0.15) is 11.3 Å². The Hall–Kier alpha value is -1.68. The average Bonchev–Trinajstić information content (AvgIpc) is 2.69. The number of hydrogen-bond donors (Lipinski definition) is 1. The lowest BCUT2D eigenvalue weighted by Gasteiger charge is -2.08. The van der Waals surface area contributed by atoms with Gasteiger partial charge in [-0.15, -0.1) is 0 Å². The van der Waals surface area contributed by atoms with Gasteiger partial charge in [-0.05, 0) is 18.2 Å². The molecule has 0 bridgehead atoms. The van der Waals surface area contributed by atoms with Crippen LogP contribution in [0.25, 0.3) is 0 Å². The van der Waals surface area contributed by atoms with Gasteiger partial charge in [-0.2, -0.15) is 0 Å². The quantitative estimate of drug-likeness (QED) is 0.826. The van der Waals surface area contributed by atoms with E-state index in [1.54, 1.807) is 12.1 Å². The van der Waals surface area contributed by atoms with Crippen LogP contribution in [0.4, 0.5) is 4.39 Å². The average molecular weight is 234 g/mol. The number of nitrogens with zero attached hydrogens (tertiary/aromatic N) is 1. The van der Waals surface area contributed by atoms with Crippen molar-refractivity contribution in [2.45, 2.75) is 6.54 Å². The molecule has 1 aromatic carbocycles. The molecule has 1 aromatic heterocycles. The van der Waals surface area contributed by atoms with Crippen LogP contribution in [0.3, 0.4) is 0 Å². The minimum absolute atomic E-state index is 0.218. The van der Waals surface area contributed by atoms with Crippen molar-refractivity contribution in [2.24, 2.45) is 5.73 Å². The molecule has 0 saturated heterocycles. The molecule has 0 unspecified atom stereocenters. The molecule has 2 N–H and O–H groups in total. The van der Waals surface area contributed by atoms with Crippen LogP contribution in [0, 0.1) is 5.82 Å². The number of hydrogen-bond acceptors (Lipinski definition) is 1. The highest BCUT2D eigenvalue weighted by Crippen LogP contribution is 2.11. The van der Waals surface area contributed by atoms with E-state index in [0.717, 1.165) is 5.69 Å². The fourth-order valence-electron chi connectivity index (χ4n) is 1.59. The van der Waals surface area contributed by atoms with Crippen molar-refractivity contribution in [1.29, 1.82) is 0 Å². The highest BCUT2D eigenvalue weighted by atomic mass is 32.1. The third-order valence-corrected chi connectivity index (χ3v) is 2.59. The fraction of sp³-hybridized carbons (Fsp3) is 0.0833. The molecule has 0 radical (unpaired) electrons. The Morgan fingerprint density at radius 3 is 2.69 bits per heavy atom. The lowest BCUT2D eigenvalue weighted by molar-refractivity contribution is 0.599. The van der Waals surface area contributed by atoms with E-state index in [2.05, 4.69) is 0 Å². The first-order chi connectivity index (χ1) is 7.68. The van der Waals surface area contributed by atoms with E-state index in [1.165, 1.54) is 6.07 Å². The van der Waals surface area contributed by atoms with Gasteiger partial charge >= 0.3 is 0 Å². The van der Waals surface area contributed by atoms with Gasteiger partial charge in [0, 0.05) is 11.8 Å². The van der Waals surface area contributed by atoms with Gasteiger partial charge in [0.15, 0.2) is 0 Å². The molecule has 1 heterocycles. The summed E-state index contributed by atoms with van der Waals surface area (Å²) in [7, 11) is 0. The molecular formula is C12H11FN2S. The molecule has 0 atom stereocenters. The molecule has 0 aliphatic heterocycles. The zero-order valence-corrected chi connectivity index (χ0v) is 9.38. The second-order valence-corrected chi connectivity index (χ2v) is 3.92. The standard InChI is InChI=1S/C12H11FN2S/c13-10-5-2-1-4-9(10)8-15-7-3-6-11(15)12(14)16/h1-7H,8H2,(H2,14,16). The Labute approximate surface area is 98.5 Å². The van der Waals surface area contributed by atoms with Crippen LogP contribution < -0.4 is 5.73 Å².